The Morgan fingerprint density at radius 2 is 1.73 bits per heavy atom. The number of carbonyl (C=O) groups excluding carboxylic acids is 2. The summed E-state index contributed by atoms with van der Waals surface area (Å²) in [4.78, 5) is 28.3. The number of Topliss-reactive ketones (excluding diaryl/α,β-unsaturated/α-hetero) is 1. The normalized spacial score (nSPS) is 16.9. The molecule has 1 N–H and O–H groups in total. The molecule has 0 radical (unpaired) electrons. The van der Waals surface area contributed by atoms with Crippen molar-refractivity contribution in [1.29, 1.82) is 0 Å². The molecular weight excluding hydrogens is 490 g/mol. The summed E-state index contributed by atoms with van der Waals surface area (Å²) in [7, 11) is 1.44. The predicted octanol–water partition coefficient (Wildman–Crippen LogP) is 6.63. The van der Waals surface area contributed by atoms with Crippen LogP contribution in [0.2, 0.25) is 5.02 Å². The maximum absolute atomic E-state index is 13.5. The van der Waals surface area contributed by atoms with Crippen LogP contribution in [0, 0.1) is 19.8 Å². The second-order valence-electron chi connectivity index (χ2n) is 9.61. The molecule has 192 valence electrons. The molecule has 3 aromatic carbocycles. The molecule has 1 unspecified atom stereocenters. The number of ether oxygens (including phenoxy) is 2. The molecular formula is C30H30ClNO5. The zero-order valence-electron chi connectivity index (χ0n) is 21.5. The maximum atomic E-state index is 13.5. The smallest absolute Gasteiger partial charge is 0.300 e. The van der Waals surface area contributed by atoms with Gasteiger partial charge in [-0.15, -0.1) is 0 Å². The van der Waals surface area contributed by atoms with Gasteiger partial charge in [-0.2, -0.15) is 0 Å². The van der Waals surface area contributed by atoms with Gasteiger partial charge in [0.2, 0.25) is 0 Å². The minimum atomic E-state index is -0.870. The summed E-state index contributed by atoms with van der Waals surface area (Å²) in [6, 6.07) is 17.1. The number of nitrogens with zero attached hydrogens (tertiary/aromatic N) is 1. The Balaban J connectivity index is 1.92. The molecule has 0 spiro atoms. The molecule has 0 aromatic heterocycles. The Morgan fingerprint density at radius 3 is 2.35 bits per heavy atom. The molecule has 0 saturated carbocycles. The van der Waals surface area contributed by atoms with E-state index in [2.05, 4.69) is 13.8 Å². The summed E-state index contributed by atoms with van der Waals surface area (Å²) < 4.78 is 11.3. The van der Waals surface area contributed by atoms with Crippen molar-refractivity contribution >= 4 is 34.7 Å². The van der Waals surface area contributed by atoms with Gasteiger partial charge in [-0.1, -0.05) is 49.7 Å². The third-order valence-electron chi connectivity index (χ3n) is 6.15. The summed E-state index contributed by atoms with van der Waals surface area (Å²) >= 11 is 6.38. The number of aliphatic hydroxyl groups is 1. The van der Waals surface area contributed by atoms with E-state index in [0.29, 0.717) is 34.5 Å². The molecule has 3 aromatic rings. The average molecular weight is 520 g/mol. The number of benzene rings is 3. The Labute approximate surface area is 222 Å². The SMILES string of the molecule is COc1c(Cl)cc(C)cc1/C(O)=C1\C(=O)C(=O)N(c2cccc(C)c2)C1c1ccc(OCC(C)C)cc1. The molecule has 1 atom stereocenters. The van der Waals surface area contributed by atoms with Crippen LogP contribution in [0.25, 0.3) is 5.76 Å². The van der Waals surface area contributed by atoms with Crippen molar-refractivity contribution in [2.45, 2.75) is 33.7 Å². The molecule has 1 fully saturated rings. The van der Waals surface area contributed by atoms with E-state index in [1.54, 1.807) is 30.3 Å². The molecule has 4 rings (SSSR count). The summed E-state index contributed by atoms with van der Waals surface area (Å²) in [5.41, 5.74) is 3.11. The number of halogens is 1. The lowest BCUT2D eigenvalue weighted by atomic mass is 9.94. The molecule has 1 aliphatic heterocycles. The van der Waals surface area contributed by atoms with Crippen LogP contribution in [0.1, 0.15) is 42.1 Å². The number of carbonyl (C=O) groups is 2. The van der Waals surface area contributed by atoms with Crippen molar-refractivity contribution in [3.05, 3.63) is 93.5 Å². The van der Waals surface area contributed by atoms with Crippen molar-refractivity contribution in [3.63, 3.8) is 0 Å². The first-order chi connectivity index (χ1) is 17.6. The molecule has 0 aliphatic carbocycles. The van der Waals surface area contributed by atoms with Crippen LogP contribution in [0.5, 0.6) is 11.5 Å². The average Bonchev–Trinajstić information content (AvgIpc) is 3.12. The fourth-order valence-corrected chi connectivity index (χ4v) is 4.81. The lowest BCUT2D eigenvalue weighted by Crippen LogP contribution is -2.29. The van der Waals surface area contributed by atoms with E-state index in [9.17, 15) is 14.7 Å². The van der Waals surface area contributed by atoms with Crippen LogP contribution in [0.15, 0.2) is 66.2 Å². The van der Waals surface area contributed by atoms with Crippen LogP contribution in [-0.4, -0.2) is 30.5 Å². The molecule has 6 nitrogen and oxygen atoms in total. The number of methoxy groups -OCH3 is 1. The second kappa shape index (κ2) is 10.7. The van der Waals surface area contributed by atoms with Crippen molar-refractivity contribution in [2.75, 3.05) is 18.6 Å². The zero-order chi connectivity index (χ0) is 26.9. The molecule has 7 heteroatoms. The third-order valence-corrected chi connectivity index (χ3v) is 6.43. The Bertz CT molecular complexity index is 1380. The highest BCUT2D eigenvalue weighted by molar-refractivity contribution is 6.51. The van der Waals surface area contributed by atoms with E-state index in [1.165, 1.54) is 12.0 Å². The quantitative estimate of drug-likeness (QED) is 0.215. The van der Waals surface area contributed by atoms with Gasteiger partial charge in [0.25, 0.3) is 11.7 Å². The van der Waals surface area contributed by atoms with Crippen molar-refractivity contribution in [2.24, 2.45) is 5.92 Å². The van der Waals surface area contributed by atoms with Gasteiger partial charge in [-0.3, -0.25) is 14.5 Å². The minimum absolute atomic E-state index is 0.0395. The van der Waals surface area contributed by atoms with Gasteiger partial charge in [0, 0.05) is 5.69 Å². The lowest BCUT2D eigenvalue weighted by molar-refractivity contribution is -0.132. The number of ketones is 1. The molecule has 0 bridgehead atoms. The number of anilines is 1. The Kier molecular flexibility index (Phi) is 7.60. The van der Waals surface area contributed by atoms with E-state index < -0.39 is 17.7 Å². The van der Waals surface area contributed by atoms with Gasteiger partial charge in [-0.25, -0.2) is 0 Å². The number of hydrogen-bond acceptors (Lipinski definition) is 5. The number of rotatable bonds is 7. The topological polar surface area (TPSA) is 76.1 Å². The maximum Gasteiger partial charge on any atom is 0.300 e. The fraction of sp³-hybridized carbons (Fsp3) is 0.267. The third kappa shape index (κ3) is 5.20. The van der Waals surface area contributed by atoms with Crippen LogP contribution < -0.4 is 14.4 Å². The standard InChI is InChI=1S/C30H30ClNO5/c1-17(2)16-37-22-11-9-20(10-12-22)26-25(27(33)23-14-19(4)15-24(31)29(23)36-5)28(34)30(35)32(26)21-8-6-7-18(3)13-21/h6-15,17,26,33H,16H2,1-5H3/b27-25+. The minimum Gasteiger partial charge on any atom is -0.507 e. The van der Waals surface area contributed by atoms with Gasteiger partial charge in [0.05, 0.1) is 35.9 Å². The highest BCUT2D eigenvalue weighted by Gasteiger charge is 2.47. The largest absolute Gasteiger partial charge is 0.507 e. The van der Waals surface area contributed by atoms with Gasteiger partial charge in [0.1, 0.15) is 17.3 Å². The number of aliphatic hydroxyl groups excluding tert-OH is 1. The van der Waals surface area contributed by atoms with Gasteiger partial charge < -0.3 is 14.6 Å². The van der Waals surface area contributed by atoms with E-state index in [-0.39, 0.29) is 22.6 Å². The first-order valence-electron chi connectivity index (χ1n) is 12.1. The van der Waals surface area contributed by atoms with Crippen LogP contribution in [-0.2, 0) is 9.59 Å². The number of amides is 1. The van der Waals surface area contributed by atoms with Crippen molar-refractivity contribution in [3.8, 4) is 11.5 Å². The Morgan fingerprint density at radius 1 is 1.03 bits per heavy atom. The highest BCUT2D eigenvalue weighted by Crippen LogP contribution is 2.44. The van der Waals surface area contributed by atoms with E-state index in [0.717, 1.165) is 11.1 Å². The van der Waals surface area contributed by atoms with Crippen LogP contribution >= 0.6 is 11.6 Å². The van der Waals surface area contributed by atoms with Gasteiger partial charge >= 0.3 is 0 Å². The summed E-state index contributed by atoms with van der Waals surface area (Å²) in [5, 5.41) is 11.8. The first kappa shape index (κ1) is 26.3. The van der Waals surface area contributed by atoms with Crippen LogP contribution in [0.4, 0.5) is 5.69 Å². The molecule has 1 amide bonds. The summed E-state index contributed by atoms with van der Waals surface area (Å²) in [6.45, 7) is 8.43. The Hall–Kier alpha value is -3.77. The second-order valence-corrected chi connectivity index (χ2v) is 10.0. The number of aryl methyl sites for hydroxylation is 2. The molecule has 1 saturated heterocycles. The van der Waals surface area contributed by atoms with E-state index >= 15 is 0 Å². The monoisotopic (exact) mass is 519 g/mol. The van der Waals surface area contributed by atoms with Crippen molar-refractivity contribution < 1.29 is 24.2 Å². The van der Waals surface area contributed by atoms with Crippen LogP contribution in [0.3, 0.4) is 0 Å². The molecule has 37 heavy (non-hydrogen) atoms. The van der Waals surface area contributed by atoms with E-state index in [4.69, 9.17) is 21.1 Å². The van der Waals surface area contributed by atoms with Gasteiger partial charge in [0.15, 0.2) is 0 Å². The predicted molar refractivity (Wildman–Crippen MR) is 145 cm³/mol. The van der Waals surface area contributed by atoms with Crippen molar-refractivity contribution in [1.82, 2.24) is 0 Å². The lowest BCUT2D eigenvalue weighted by Gasteiger charge is -2.26. The van der Waals surface area contributed by atoms with Gasteiger partial charge in [-0.05, 0) is 72.9 Å². The van der Waals surface area contributed by atoms with E-state index in [1.807, 2.05) is 44.2 Å². The fourth-order valence-electron chi connectivity index (χ4n) is 4.46. The number of hydrogen-bond donors (Lipinski definition) is 1. The zero-order valence-corrected chi connectivity index (χ0v) is 22.3. The molecule has 1 aliphatic rings. The first-order valence-corrected chi connectivity index (χ1v) is 12.4. The summed E-state index contributed by atoms with van der Waals surface area (Å²) in [6.07, 6.45) is 0. The summed E-state index contributed by atoms with van der Waals surface area (Å²) in [5.74, 6) is -0.594. The molecule has 1 heterocycles. The highest BCUT2D eigenvalue weighted by atomic mass is 35.5.